The lowest BCUT2D eigenvalue weighted by Crippen LogP contribution is -2.11. The Morgan fingerprint density at radius 1 is 1.07 bits per heavy atom. The summed E-state index contributed by atoms with van der Waals surface area (Å²) in [6.07, 6.45) is 3.01. The first-order chi connectivity index (χ1) is 13.6. The maximum Gasteiger partial charge on any atom is 0.330 e. The third-order valence-electron chi connectivity index (χ3n) is 3.89. The standard InChI is InChI=1S/C22H18FNO3S/c1-2-27-20(25)12-5-15-3-10-18(11-4-15)24-22(26)21-19(13-14-28-21)16-6-8-17(23)9-7-16/h3-14H,2H2,1H3,(H,24,26)/b12-5+. The van der Waals surface area contributed by atoms with Crippen molar-refractivity contribution in [2.24, 2.45) is 0 Å². The number of rotatable bonds is 6. The van der Waals surface area contributed by atoms with E-state index < -0.39 is 5.97 Å². The van der Waals surface area contributed by atoms with Gasteiger partial charge in [-0.1, -0.05) is 24.3 Å². The van der Waals surface area contributed by atoms with Crippen LogP contribution in [-0.2, 0) is 9.53 Å². The van der Waals surface area contributed by atoms with Crippen molar-refractivity contribution in [1.82, 2.24) is 0 Å². The lowest BCUT2D eigenvalue weighted by molar-refractivity contribution is -0.137. The summed E-state index contributed by atoms with van der Waals surface area (Å²) in [5.74, 6) is -0.947. The predicted octanol–water partition coefficient (Wildman–Crippen LogP) is 5.38. The molecule has 0 bridgehead atoms. The van der Waals surface area contributed by atoms with E-state index in [9.17, 15) is 14.0 Å². The van der Waals surface area contributed by atoms with Gasteiger partial charge >= 0.3 is 5.97 Å². The molecule has 0 aliphatic heterocycles. The number of anilines is 1. The second kappa shape index (κ2) is 9.10. The van der Waals surface area contributed by atoms with Crippen LogP contribution in [0.4, 0.5) is 10.1 Å². The predicted molar refractivity (Wildman–Crippen MR) is 110 cm³/mol. The Labute approximate surface area is 166 Å². The molecule has 4 nitrogen and oxygen atoms in total. The number of ether oxygens (including phenoxy) is 1. The number of carbonyl (C=O) groups is 2. The van der Waals surface area contributed by atoms with Crippen LogP contribution in [-0.4, -0.2) is 18.5 Å². The zero-order chi connectivity index (χ0) is 19.9. The minimum atomic E-state index is -0.397. The summed E-state index contributed by atoms with van der Waals surface area (Å²) in [4.78, 5) is 24.6. The van der Waals surface area contributed by atoms with Crippen LogP contribution in [0, 0.1) is 5.82 Å². The Balaban J connectivity index is 1.70. The van der Waals surface area contributed by atoms with E-state index >= 15 is 0 Å². The van der Waals surface area contributed by atoms with Crippen LogP contribution >= 0.6 is 11.3 Å². The van der Waals surface area contributed by atoms with Gasteiger partial charge in [-0.2, -0.15) is 0 Å². The van der Waals surface area contributed by atoms with Crippen molar-refractivity contribution in [2.75, 3.05) is 11.9 Å². The molecule has 1 amide bonds. The van der Waals surface area contributed by atoms with E-state index in [4.69, 9.17) is 4.74 Å². The van der Waals surface area contributed by atoms with Crippen LogP contribution in [0.15, 0.2) is 66.1 Å². The van der Waals surface area contributed by atoms with E-state index in [2.05, 4.69) is 5.32 Å². The van der Waals surface area contributed by atoms with Gasteiger partial charge in [0.1, 0.15) is 5.82 Å². The summed E-state index contributed by atoms with van der Waals surface area (Å²) in [6.45, 7) is 2.08. The number of hydrogen-bond donors (Lipinski definition) is 1. The number of halogens is 1. The topological polar surface area (TPSA) is 55.4 Å². The van der Waals surface area contributed by atoms with Crippen LogP contribution in [0.2, 0.25) is 0 Å². The average Bonchev–Trinajstić information content (AvgIpc) is 3.18. The van der Waals surface area contributed by atoms with Gasteiger partial charge in [0, 0.05) is 17.3 Å². The molecule has 1 N–H and O–H groups in total. The Bertz CT molecular complexity index is 991. The summed E-state index contributed by atoms with van der Waals surface area (Å²) in [5.41, 5.74) is 3.00. The van der Waals surface area contributed by atoms with E-state index in [1.807, 2.05) is 11.4 Å². The Morgan fingerprint density at radius 3 is 2.46 bits per heavy atom. The van der Waals surface area contributed by atoms with Crippen LogP contribution < -0.4 is 5.32 Å². The number of benzene rings is 2. The lowest BCUT2D eigenvalue weighted by Gasteiger charge is -2.07. The molecule has 1 heterocycles. The van der Waals surface area contributed by atoms with Gasteiger partial charge in [-0.25, -0.2) is 9.18 Å². The molecule has 1 aromatic heterocycles. The third kappa shape index (κ3) is 4.92. The van der Waals surface area contributed by atoms with Crippen LogP contribution in [0.5, 0.6) is 0 Å². The average molecular weight is 395 g/mol. The summed E-state index contributed by atoms with van der Waals surface area (Å²) in [5, 5.41) is 4.69. The summed E-state index contributed by atoms with van der Waals surface area (Å²) in [7, 11) is 0. The minimum absolute atomic E-state index is 0.232. The van der Waals surface area contributed by atoms with Gasteiger partial charge in [0.2, 0.25) is 0 Å². The van der Waals surface area contributed by atoms with Gasteiger partial charge in [-0.3, -0.25) is 4.79 Å². The Kier molecular flexibility index (Phi) is 6.34. The van der Waals surface area contributed by atoms with Crippen molar-refractivity contribution in [1.29, 1.82) is 0 Å². The van der Waals surface area contributed by atoms with Crippen LogP contribution in [0.1, 0.15) is 22.2 Å². The molecular weight excluding hydrogens is 377 g/mol. The first kappa shape index (κ1) is 19.5. The number of carbonyl (C=O) groups excluding carboxylic acids is 2. The van der Waals surface area contributed by atoms with Crippen molar-refractivity contribution in [3.05, 3.63) is 82.3 Å². The Morgan fingerprint density at radius 2 is 1.79 bits per heavy atom. The quantitative estimate of drug-likeness (QED) is 0.450. The minimum Gasteiger partial charge on any atom is -0.463 e. The molecule has 28 heavy (non-hydrogen) atoms. The van der Waals surface area contributed by atoms with Gasteiger partial charge in [-0.15, -0.1) is 11.3 Å². The zero-order valence-corrected chi connectivity index (χ0v) is 16.0. The first-order valence-electron chi connectivity index (χ1n) is 8.66. The second-order valence-electron chi connectivity index (χ2n) is 5.83. The fourth-order valence-corrected chi connectivity index (χ4v) is 3.37. The molecule has 0 saturated carbocycles. The highest BCUT2D eigenvalue weighted by Crippen LogP contribution is 2.29. The highest BCUT2D eigenvalue weighted by atomic mass is 32.1. The Hall–Kier alpha value is -3.25. The van der Waals surface area contributed by atoms with E-state index in [0.717, 1.165) is 16.7 Å². The highest BCUT2D eigenvalue weighted by Gasteiger charge is 2.15. The maximum absolute atomic E-state index is 13.1. The normalized spacial score (nSPS) is 10.8. The molecule has 0 aliphatic rings. The SMILES string of the molecule is CCOC(=O)/C=C/c1ccc(NC(=O)c2sccc2-c2ccc(F)cc2)cc1. The fourth-order valence-electron chi connectivity index (χ4n) is 2.56. The van der Waals surface area contributed by atoms with Crippen molar-refractivity contribution >= 4 is 35.0 Å². The number of esters is 1. The molecule has 0 unspecified atom stereocenters. The monoisotopic (exact) mass is 395 g/mol. The molecule has 3 aromatic rings. The number of nitrogens with one attached hydrogen (secondary N) is 1. The van der Waals surface area contributed by atoms with Gasteiger partial charge in [0.15, 0.2) is 0 Å². The molecule has 0 aliphatic carbocycles. The molecule has 6 heteroatoms. The third-order valence-corrected chi connectivity index (χ3v) is 4.81. The molecule has 0 saturated heterocycles. The van der Waals surface area contributed by atoms with Crippen LogP contribution in [0.25, 0.3) is 17.2 Å². The van der Waals surface area contributed by atoms with Crippen molar-refractivity contribution in [3.8, 4) is 11.1 Å². The van der Waals surface area contributed by atoms with E-state index in [1.54, 1.807) is 49.4 Å². The van der Waals surface area contributed by atoms with Gasteiger partial charge in [0.05, 0.1) is 11.5 Å². The van der Waals surface area contributed by atoms with E-state index in [0.29, 0.717) is 17.2 Å². The molecular formula is C22H18FNO3S. The van der Waals surface area contributed by atoms with Crippen molar-refractivity contribution < 1.29 is 18.7 Å². The van der Waals surface area contributed by atoms with Gasteiger partial charge in [-0.05, 0) is 59.8 Å². The maximum atomic E-state index is 13.1. The van der Waals surface area contributed by atoms with Crippen molar-refractivity contribution in [3.63, 3.8) is 0 Å². The highest BCUT2D eigenvalue weighted by molar-refractivity contribution is 7.12. The lowest BCUT2D eigenvalue weighted by atomic mass is 10.1. The molecule has 3 rings (SSSR count). The summed E-state index contributed by atoms with van der Waals surface area (Å²) in [6, 6.07) is 15.0. The number of hydrogen-bond acceptors (Lipinski definition) is 4. The molecule has 0 radical (unpaired) electrons. The fraction of sp³-hybridized carbons (Fsp3) is 0.0909. The van der Waals surface area contributed by atoms with Gasteiger partial charge < -0.3 is 10.1 Å². The first-order valence-corrected chi connectivity index (χ1v) is 9.54. The van der Waals surface area contributed by atoms with E-state index in [-0.39, 0.29) is 11.7 Å². The molecule has 0 spiro atoms. The molecule has 142 valence electrons. The number of amides is 1. The smallest absolute Gasteiger partial charge is 0.330 e. The summed E-state index contributed by atoms with van der Waals surface area (Å²) >= 11 is 1.33. The van der Waals surface area contributed by atoms with E-state index in [1.165, 1.54) is 29.5 Å². The summed E-state index contributed by atoms with van der Waals surface area (Å²) < 4.78 is 18.0. The second-order valence-corrected chi connectivity index (χ2v) is 6.75. The molecule has 2 aromatic carbocycles. The zero-order valence-electron chi connectivity index (χ0n) is 15.1. The van der Waals surface area contributed by atoms with Gasteiger partial charge in [0.25, 0.3) is 5.91 Å². The largest absolute Gasteiger partial charge is 0.463 e. The van der Waals surface area contributed by atoms with Crippen LogP contribution in [0.3, 0.4) is 0 Å². The number of thiophene rings is 1. The molecule has 0 atom stereocenters. The van der Waals surface area contributed by atoms with Crippen molar-refractivity contribution in [2.45, 2.75) is 6.92 Å². The molecule has 0 fully saturated rings.